The topological polar surface area (TPSA) is 86.2 Å². The lowest BCUT2D eigenvalue weighted by Gasteiger charge is -2.11. The van der Waals surface area contributed by atoms with Crippen molar-refractivity contribution in [2.45, 2.75) is 13.0 Å². The Labute approximate surface area is 139 Å². The molecule has 2 aromatic rings. The summed E-state index contributed by atoms with van der Waals surface area (Å²) < 4.78 is 32.0. The van der Waals surface area contributed by atoms with Crippen LogP contribution in [0.3, 0.4) is 0 Å². The third-order valence-electron chi connectivity index (χ3n) is 3.08. The van der Waals surface area contributed by atoms with Crippen LogP contribution in [0, 0.1) is 0 Å². The van der Waals surface area contributed by atoms with E-state index >= 15 is 0 Å². The largest absolute Gasteiger partial charge is 0.408 e. The molecular weight excluding hydrogens is 336 g/mol. The molecule has 0 spiro atoms. The summed E-state index contributed by atoms with van der Waals surface area (Å²) in [6.45, 7) is 0.456. The minimum atomic E-state index is -3.92. The smallest absolute Gasteiger partial charge is 0.378 e. The van der Waals surface area contributed by atoms with Crippen LogP contribution in [0.4, 0.5) is 16.5 Å². The quantitative estimate of drug-likeness (QED) is 0.470. The fraction of sp³-hybridized carbons (Fsp3) is 0.357. The highest BCUT2D eigenvalue weighted by Crippen LogP contribution is 2.21. The lowest BCUT2D eigenvalue weighted by Crippen LogP contribution is -2.31. The molecule has 0 unspecified atom stereocenters. The van der Waals surface area contributed by atoms with Crippen molar-refractivity contribution < 1.29 is 17.5 Å². The summed E-state index contributed by atoms with van der Waals surface area (Å²) in [6, 6.07) is 7.69. The molecule has 9 heteroatoms. The predicted octanol–water partition coefficient (Wildman–Crippen LogP) is 2.79. The van der Waals surface area contributed by atoms with Crippen LogP contribution < -0.4 is 9.47 Å². The van der Waals surface area contributed by atoms with E-state index in [2.05, 4.69) is 10.2 Å². The molecule has 2 rings (SSSR count). The maximum Gasteiger partial charge on any atom is 0.408 e. The molecule has 0 bridgehead atoms. The summed E-state index contributed by atoms with van der Waals surface area (Å²) in [5.41, 5.74) is 1.83. The number of azo groups is 1. The Kier molecular flexibility index (Phi) is 5.80. The van der Waals surface area contributed by atoms with Crippen molar-refractivity contribution in [3.63, 3.8) is 0 Å². The second-order valence-corrected chi connectivity index (χ2v) is 7.57. The number of thiazole rings is 1. The van der Waals surface area contributed by atoms with Gasteiger partial charge in [-0.2, -0.15) is 8.42 Å². The SMILES string of the molecule is CN(C)c1ccc(N=Nc2scc[n+]2CCCS(=O)(=O)O)cc1. The van der Waals surface area contributed by atoms with E-state index in [-0.39, 0.29) is 5.75 Å². The van der Waals surface area contributed by atoms with Crippen molar-refractivity contribution in [3.8, 4) is 0 Å². The van der Waals surface area contributed by atoms with Crippen LogP contribution in [0.1, 0.15) is 6.42 Å². The zero-order chi connectivity index (χ0) is 16.9. The Bertz CT molecular complexity index is 768. The van der Waals surface area contributed by atoms with Crippen molar-refractivity contribution in [1.82, 2.24) is 0 Å². The average molecular weight is 355 g/mol. The maximum atomic E-state index is 10.7. The minimum absolute atomic E-state index is 0.265. The number of rotatable bonds is 7. The van der Waals surface area contributed by atoms with E-state index in [9.17, 15) is 8.42 Å². The Morgan fingerprint density at radius 3 is 2.52 bits per heavy atom. The van der Waals surface area contributed by atoms with Crippen molar-refractivity contribution >= 4 is 38.0 Å². The molecule has 0 radical (unpaired) electrons. The van der Waals surface area contributed by atoms with E-state index in [1.165, 1.54) is 11.3 Å². The number of nitrogens with zero attached hydrogens (tertiary/aromatic N) is 4. The Hall–Kier alpha value is -1.84. The molecule has 0 aliphatic heterocycles. The van der Waals surface area contributed by atoms with Crippen molar-refractivity contribution in [1.29, 1.82) is 0 Å². The minimum Gasteiger partial charge on any atom is -0.378 e. The predicted molar refractivity (Wildman–Crippen MR) is 90.5 cm³/mol. The summed E-state index contributed by atoms with van der Waals surface area (Å²) in [7, 11) is 0.0152. The number of aromatic nitrogens is 1. The molecule has 0 atom stereocenters. The molecule has 0 aliphatic carbocycles. The molecule has 1 N–H and O–H groups in total. The van der Waals surface area contributed by atoms with Crippen LogP contribution in [0.15, 0.2) is 46.1 Å². The monoisotopic (exact) mass is 355 g/mol. The second kappa shape index (κ2) is 7.62. The standard InChI is InChI=1S/C14H18N4O3S2/c1-17(2)13-6-4-12(5-7-13)15-16-14-18(9-10-22-14)8-3-11-23(19,20)21/h4-7,9-10H,3,8,11H2,1-2H3/p+1. The van der Waals surface area contributed by atoms with Gasteiger partial charge in [-0.25, -0.2) is 4.57 Å². The highest BCUT2D eigenvalue weighted by atomic mass is 32.2. The lowest BCUT2D eigenvalue weighted by atomic mass is 10.3. The fourth-order valence-corrected chi connectivity index (χ4v) is 3.08. The van der Waals surface area contributed by atoms with Crippen molar-refractivity contribution in [2.24, 2.45) is 10.2 Å². The number of benzene rings is 1. The highest BCUT2D eigenvalue weighted by Gasteiger charge is 2.13. The first-order valence-corrected chi connectivity index (χ1v) is 9.45. The van der Waals surface area contributed by atoms with Gasteiger partial charge in [0, 0.05) is 31.6 Å². The molecule has 23 heavy (non-hydrogen) atoms. The maximum absolute atomic E-state index is 10.7. The van der Waals surface area contributed by atoms with Gasteiger partial charge in [0.05, 0.1) is 17.4 Å². The molecule has 0 amide bonds. The Balaban J connectivity index is 2.01. The van der Waals surface area contributed by atoms with E-state index < -0.39 is 10.1 Å². The van der Waals surface area contributed by atoms with Gasteiger partial charge in [-0.3, -0.25) is 4.55 Å². The van der Waals surface area contributed by atoms with Crippen molar-refractivity contribution in [2.75, 3.05) is 24.7 Å². The van der Waals surface area contributed by atoms with Gasteiger partial charge >= 0.3 is 5.13 Å². The number of hydrogen-bond acceptors (Lipinski definition) is 6. The van der Waals surface area contributed by atoms with E-state index in [1.54, 1.807) is 0 Å². The molecular formula is C14H19N4O3S2+. The number of hydrogen-bond donors (Lipinski definition) is 1. The van der Waals surface area contributed by atoms with Gasteiger partial charge in [-0.1, -0.05) is 0 Å². The van der Waals surface area contributed by atoms with Crippen molar-refractivity contribution in [3.05, 3.63) is 35.8 Å². The van der Waals surface area contributed by atoms with E-state index in [4.69, 9.17) is 4.55 Å². The molecule has 0 fully saturated rings. The van der Waals surface area contributed by atoms with Gasteiger partial charge in [0.15, 0.2) is 0 Å². The van der Waals surface area contributed by atoms with Crippen LogP contribution in [-0.4, -0.2) is 32.8 Å². The summed E-state index contributed by atoms with van der Waals surface area (Å²) in [5.74, 6) is -0.265. The molecule has 124 valence electrons. The van der Waals surface area contributed by atoms with Gasteiger partial charge in [0.2, 0.25) is 0 Å². The van der Waals surface area contributed by atoms with Gasteiger partial charge in [0.1, 0.15) is 11.9 Å². The number of anilines is 1. The summed E-state index contributed by atoms with van der Waals surface area (Å²) in [6.07, 6.45) is 2.14. The normalized spacial score (nSPS) is 12.0. The molecule has 1 aromatic carbocycles. The average Bonchev–Trinajstić information content (AvgIpc) is 2.92. The molecule has 7 nitrogen and oxygen atoms in total. The first-order chi connectivity index (χ1) is 10.8. The summed E-state index contributed by atoms with van der Waals surface area (Å²) >= 11 is 1.42. The molecule has 0 saturated heterocycles. The molecule has 0 aliphatic rings. The highest BCUT2D eigenvalue weighted by molar-refractivity contribution is 7.85. The first-order valence-electron chi connectivity index (χ1n) is 6.96. The second-order valence-electron chi connectivity index (χ2n) is 5.13. The molecule has 1 heterocycles. The van der Waals surface area contributed by atoms with Crippen LogP contribution in [-0.2, 0) is 16.7 Å². The Morgan fingerprint density at radius 2 is 1.91 bits per heavy atom. The zero-order valence-corrected chi connectivity index (χ0v) is 14.6. The third kappa shape index (κ3) is 5.70. The van der Waals surface area contributed by atoms with E-state index in [0.717, 1.165) is 11.4 Å². The lowest BCUT2D eigenvalue weighted by molar-refractivity contribution is -0.680. The molecule has 0 saturated carbocycles. The Morgan fingerprint density at radius 1 is 1.22 bits per heavy atom. The van der Waals surface area contributed by atoms with Crippen LogP contribution in [0.2, 0.25) is 0 Å². The van der Waals surface area contributed by atoms with Crippen LogP contribution in [0.25, 0.3) is 0 Å². The fourth-order valence-electron chi connectivity index (χ4n) is 1.88. The third-order valence-corrected chi connectivity index (χ3v) is 4.67. The van der Waals surface area contributed by atoms with E-state index in [0.29, 0.717) is 18.1 Å². The van der Waals surface area contributed by atoms with Crippen LogP contribution in [0.5, 0.6) is 0 Å². The van der Waals surface area contributed by atoms with Gasteiger partial charge in [-0.05, 0) is 40.7 Å². The summed E-state index contributed by atoms with van der Waals surface area (Å²) in [5, 5.41) is 10.9. The van der Waals surface area contributed by atoms with Gasteiger partial charge in [0.25, 0.3) is 10.1 Å². The summed E-state index contributed by atoms with van der Waals surface area (Å²) in [4.78, 5) is 2.00. The van der Waals surface area contributed by atoms with Gasteiger partial charge < -0.3 is 4.90 Å². The first kappa shape index (κ1) is 17.5. The molecule has 1 aromatic heterocycles. The van der Waals surface area contributed by atoms with E-state index in [1.807, 2.05) is 59.4 Å². The number of aryl methyl sites for hydroxylation is 1. The van der Waals surface area contributed by atoms with Gasteiger partial charge in [-0.15, -0.1) is 0 Å². The van der Waals surface area contributed by atoms with Crippen LogP contribution >= 0.6 is 11.3 Å². The zero-order valence-electron chi connectivity index (χ0n) is 13.0.